The molecular formula is C15H15ClN2S. The number of thiocarbonyl (C=S) groups is 1. The summed E-state index contributed by atoms with van der Waals surface area (Å²) < 4.78 is 0. The van der Waals surface area contributed by atoms with Crippen molar-refractivity contribution < 1.29 is 0 Å². The third-order valence-electron chi connectivity index (χ3n) is 2.93. The molecule has 0 aliphatic rings. The highest BCUT2D eigenvalue weighted by atomic mass is 35.5. The van der Waals surface area contributed by atoms with Crippen molar-refractivity contribution in [3.05, 3.63) is 64.7 Å². The van der Waals surface area contributed by atoms with Crippen LogP contribution >= 0.6 is 23.8 Å². The minimum absolute atomic E-state index is 0.175. The molecule has 0 fully saturated rings. The lowest BCUT2D eigenvalue weighted by Gasteiger charge is -2.17. The largest absolute Gasteiger partial charge is 0.389 e. The fourth-order valence-electron chi connectivity index (χ4n) is 1.84. The average molecular weight is 291 g/mol. The van der Waals surface area contributed by atoms with Crippen LogP contribution in [0.15, 0.2) is 48.5 Å². The summed E-state index contributed by atoms with van der Waals surface area (Å²) in [5, 5.41) is 4.00. The Balaban J connectivity index is 2.18. The SMILES string of the molecule is CC(Nc1ccc(C(N)=S)cc1Cl)c1ccccc1. The zero-order chi connectivity index (χ0) is 13.8. The Morgan fingerprint density at radius 1 is 1.21 bits per heavy atom. The first-order valence-corrected chi connectivity index (χ1v) is 6.77. The van der Waals surface area contributed by atoms with Gasteiger partial charge in [0.05, 0.1) is 10.7 Å². The molecule has 3 N–H and O–H groups in total. The molecule has 0 aliphatic heterocycles. The second-order valence-corrected chi connectivity index (χ2v) is 5.18. The van der Waals surface area contributed by atoms with Gasteiger partial charge in [0.25, 0.3) is 0 Å². The fraction of sp³-hybridized carbons (Fsp3) is 0.133. The van der Waals surface area contributed by atoms with E-state index in [0.717, 1.165) is 11.3 Å². The number of anilines is 1. The summed E-state index contributed by atoms with van der Waals surface area (Å²) in [4.78, 5) is 0.351. The minimum Gasteiger partial charge on any atom is -0.389 e. The summed E-state index contributed by atoms with van der Waals surface area (Å²) in [6.45, 7) is 2.09. The van der Waals surface area contributed by atoms with E-state index >= 15 is 0 Å². The van der Waals surface area contributed by atoms with E-state index in [9.17, 15) is 0 Å². The van der Waals surface area contributed by atoms with Gasteiger partial charge in [-0.1, -0.05) is 54.2 Å². The fourth-order valence-corrected chi connectivity index (χ4v) is 2.21. The lowest BCUT2D eigenvalue weighted by atomic mass is 10.1. The maximum absolute atomic E-state index is 6.23. The molecule has 0 saturated carbocycles. The van der Waals surface area contributed by atoms with E-state index in [0.29, 0.717) is 10.0 Å². The van der Waals surface area contributed by atoms with Crippen molar-refractivity contribution in [3.63, 3.8) is 0 Å². The second kappa shape index (κ2) is 6.04. The highest BCUT2D eigenvalue weighted by molar-refractivity contribution is 7.80. The van der Waals surface area contributed by atoms with E-state index in [1.807, 2.05) is 30.3 Å². The van der Waals surface area contributed by atoms with Crippen LogP contribution in [0, 0.1) is 0 Å². The summed E-state index contributed by atoms with van der Waals surface area (Å²) in [6, 6.07) is 15.9. The van der Waals surface area contributed by atoms with Gasteiger partial charge in [-0.25, -0.2) is 0 Å². The van der Waals surface area contributed by atoms with Crippen LogP contribution in [0.1, 0.15) is 24.1 Å². The van der Waals surface area contributed by atoms with Crippen LogP contribution in [0.3, 0.4) is 0 Å². The molecule has 0 aliphatic carbocycles. The molecule has 0 saturated heterocycles. The van der Waals surface area contributed by atoms with Gasteiger partial charge < -0.3 is 11.1 Å². The summed E-state index contributed by atoms with van der Waals surface area (Å²) in [5.74, 6) is 0. The average Bonchev–Trinajstić information content (AvgIpc) is 2.41. The Hall–Kier alpha value is -1.58. The molecule has 2 aromatic carbocycles. The number of hydrogen-bond donors (Lipinski definition) is 2. The van der Waals surface area contributed by atoms with E-state index in [2.05, 4.69) is 24.4 Å². The van der Waals surface area contributed by atoms with Crippen LogP contribution in [0.25, 0.3) is 0 Å². The highest BCUT2D eigenvalue weighted by Gasteiger charge is 2.08. The van der Waals surface area contributed by atoms with Crippen LogP contribution < -0.4 is 11.1 Å². The molecule has 0 bridgehead atoms. The van der Waals surface area contributed by atoms with Gasteiger partial charge in [-0.15, -0.1) is 0 Å². The van der Waals surface area contributed by atoms with Gasteiger partial charge in [-0.05, 0) is 30.7 Å². The van der Waals surface area contributed by atoms with Crippen molar-refractivity contribution in [2.45, 2.75) is 13.0 Å². The molecule has 2 nitrogen and oxygen atoms in total. The maximum Gasteiger partial charge on any atom is 0.104 e. The lowest BCUT2D eigenvalue weighted by molar-refractivity contribution is 0.885. The molecule has 0 spiro atoms. The molecule has 0 amide bonds. The summed E-state index contributed by atoms with van der Waals surface area (Å²) in [6.07, 6.45) is 0. The van der Waals surface area contributed by atoms with Gasteiger partial charge in [0.1, 0.15) is 4.99 Å². The molecule has 2 rings (SSSR count). The number of halogens is 1. The smallest absolute Gasteiger partial charge is 0.104 e. The normalized spacial score (nSPS) is 11.9. The molecule has 2 aromatic rings. The molecule has 0 heterocycles. The molecule has 98 valence electrons. The lowest BCUT2D eigenvalue weighted by Crippen LogP contribution is -2.10. The zero-order valence-corrected chi connectivity index (χ0v) is 12.1. The Morgan fingerprint density at radius 3 is 2.47 bits per heavy atom. The van der Waals surface area contributed by atoms with Crippen molar-refractivity contribution in [3.8, 4) is 0 Å². The predicted octanol–water partition coefficient (Wildman–Crippen LogP) is 4.15. The monoisotopic (exact) mass is 290 g/mol. The highest BCUT2D eigenvalue weighted by Crippen LogP contribution is 2.27. The quantitative estimate of drug-likeness (QED) is 0.831. The topological polar surface area (TPSA) is 38.0 Å². The molecule has 1 atom stereocenters. The second-order valence-electron chi connectivity index (χ2n) is 4.34. The van der Waals surface area contributed by atoms with Crippen LogP contribution in [-0.4, -0.2) is 4.99 Å². The third kappa shape index (κ3) is 3.46. The van der Waals surface area contributed by atoms with Crippen LogP contribution in [0.4, 0.5) is 5.69 Å². The van der Waals surface area contributed by atoms with Crippen LogP contribution in [0.5, 0.6) is 0 Å². The Kier molecular flexibility index (Phi) is 4.40. The van der Waals surface area contributed by atoms with Crippen molar-refractivity contribution in [2.75, 3.05) is 5.32 Å². The van der Waals surface area contributed by atoms with Gasteiger partial charge >= 0.3 is 0 Å². The van der Waals surface area contributed by atoms with Crippen LogP contribution in [-0.2, 0) is 0 Å². The standard InChI is InChI=1S/C15H15ClN2S/c1-10(11-5-3-2-4-6-11)18-14-8-7-12(15(17)19)9-13(14)16/h2-10,18H,1H3,(H2,17,19). The van der Waals surface area contributed by atoms with E-state index in [1.165, 1.54) is 5.56 Å². The Labute approximate surface area is 123 Å². The van der Waals surface area contributed by atoms with Crippen molar-refractivity contribution >= 4 is 34.5 Å². The van der Waals surface area contributed by atoms with Gasteiger partial charge in [0, 0.05) is 11.6 Å². The van der Waals surface area contributed by atoms with Crippen molar-refractivity contribution in [1.29, 1.82) is 0 Å². The molecule has 1 unspecified atom stereocenters. The zero-order valence-electron chi connectivity index (χ0n) is 10.6. The van der Waals surface area contributed by atoms with Gasteiger partial charge in [-0.3, -0.25) is 0 Å². The van der Waals surface area contributed by atoms with E-state index in [1.54, 1.807) is 6.07 Å². The molecule has 0 aromatic heterocycles. The Morgan fingerprint density at radius 2 is 1.89 bits per heavy atom. The van der Waals surface area contributed by atoms with Gasteiger partial charge in [-0.2, -0.15) is 0 Å². The number of rotatable bonds is 4. The molecule has 0 radical (unpaired) electrons. The minimum atomic E-state index is 0.175. The summed E-state index contributed by atoms with van der Waals surface area (Å²) in [5.41, 5.74) is 8.43. The number of nitrogens with one attached hydrogen (secondary N) is 1. The first kappa shape index (κ1) is 13.8. The third-order valence-corrected chi connectivity index (χ3v) is 3.47. The summed E-state index contributed by atoms with van der Waals surface area (Å²) >= 11 is 11.2. The first-order chi connectivity index (χ1) is 9.08. The van der Waals surface area contributed by atoms with Crippen molar-refractivity contribution in [2.24, 2.45) is 5.73 Å². The van der Waals surface area contributed by atoms with Crippen molar-refractivity contribution in [1.82, 2.24) is 0 Å². The van der Waals surface area contributed by atoms with E-state index in [-0.39, 0.29) is 6.04 Å². The first-order valence-electron chi connectivity index (χ1n) is 5.99. The Bertz CT molecular complexity index is 584. The molecule has 4 heteroatoms. The van der Waals surface area contributed by atoms with E-state index in [4.69, 9.17) is 29.6 Å². The number of nitrogens with two attached hydrogens (primary N) is 1. The maximum atomic E-state index is 6.23. The van der Waals surface area contributed by atoms with Crippen LogP contribution in [0.2, 0.25) is 5.02 Å². The van der Waals surface area contributed by atoms with E-state index < -0.39 is 0 Å². The molecule has 19 heavy (non-hydrogen) atoms. The molecular weight excluding hydrogens is 276 g/mol. The predicted molar refractivity (Wildman–Crippen MR) is 85.8 cm³/mol. The van der Waals surface area contributed by atoms with Gasteiger partial charge in [0.15, 0.2) is 0 Å². The number of hydrogen-bond acceptors (Lipinski definition) is 2. The summed E-state index contributed by atoms with van der Waals surface area (Å²) in [7, 11) is 0. The number of benzene rings is 2. The van der Waals surface area contributed by atoms with Gasteiger partial charge in [0.2, 0.25) is 0 Å².